The molecule has 2 heterocycles. The van der Waals surface area contributed by atoms with Gasteiger partial charge in [0.2, 0.25) is 5.82 Å². The molecule has 0 bridgehead atoms. The first-order chi connectivity index (χ1) is 15.1. The summed E-state index contributed by atoms with van der Waals surface area (Å²) in [7, 11) is 0. The predicted molar refractivity (Wildman–Crippen MR) is 112 cm³/mol. The van der Waals surface area contributed by atoms with Crippen LogP contribution >= 0.6 is 0 Å². The van der Waals surface area contributed by atoms with E-state index in [-0.39, 0.29) is 17.1 Å². The van der Waals surface area contributed by atoms with Crippen molar-refractivity contribution in [3.63, 3.8) is 0 Å². The van der Waals surface area contributed by atoms with Crippen molar-refractivity contribution in [3.05, 3.63) is 98.0 Å². The fourth-order valence-electron chi connectivity index (χ4n) is 3.13. The van der Waals surface area contributed by atoms with Crippen molar-refractivity contribution in [2.45, 2.75) is 19.4 Å². The standard InChI is InChI=1S/C21H18N6O4/c28-21-18(20-23-25-26-24-20)10-8-16(22-21)7-6-15-12-17(27(29)30)9-11-19(15)31-13-14-4-2-1-3-5-14/h1-5,8-12H,6-7,13H2,(H,22,28)(H,23,24,25,26). The Morgan fingerprint density at radius 2 is 1.87 bits per heavy atom. The van der Waals surface area contributed by atoms with Crippen molar-refractivity contribution in [1.29, 1.82) is 0 Å². The summed E-state index contributed by atoms with van der Waals surface area (Å²) in [5, 5.41) is 24.6. The highest BCUT2D eigenvalue weighted by Crippen LogP contribution is 2.26. The number of tetrazole rings is 1. The van der Waals surface area contributed by atoms with Gasteiger partial charge in [0, 0.05) is 23.4 Å². The summed E-state index contributed by atoms with van der Waals surface area (Å²) >= 11 is 0. The number of aryl methyl sites for hydroxylation is 2. The van der Waals surface area contributed by atoms with Gasteiger partial charge in [0.15, 0.2) is 0 Å². The summed E-state index contributed by atoms with van der Waals surface area (Å²) in [5.41, 5.74) is 2.32. The fourth-order valence-corrected chi connectivity index (χ4v) is 3.13. The van der Waals surface area contributed by atoms with Gasteiger partial charge >= 0.3 is 0 Å². The number of hydrogen-bond acceptors (Lipinski definition) is 7. The van der Waals surface area contributed by atoms with Gasteiger partial charge in [0.25, 0.3) is 11.2 Å². The van der Waals surface area contributed by atoms with Crippen molar-refractivity contribution < 1.29 is 9.66 Å². The van der Waals surface area contributed by atoms with Crippen molar-refractivity contribution in [1.82, 2.24) is 25.6 Å². The molecule has 0 radical (unpaired) electrons. The molecular formula is C21H18N6O4. The van der Waals surface area contributed by atoms with E-state index < -0.39 is 4.92 Å². The second-order valence-electron chi connectivity index (χ2n) is 6.79. The summed E-state index contributed by atoms with van der Waals surface area (Å²) in [4.78, 5) is 25.9. The molecule has 0 amide bonds. The van der Waals surface area contributed by atoms with E-state index in [1.807, 2.05) is 30.3 Å². The first-order valence-corrected chi connectivity index (χ1v) is 9.50. The number of non-ortho nitro benzene ring substituents is 1. The molecule has 0 aliphatic carbocycles. The smallest absolute Gasteiger partial charge is 0.269 e. The monoisotopic (exact) mass is 418 g/mol. The maximum Gasteiger partial charge on any atom is 0.269 e. The number of benzene rings is 2. The molecule has 0 saturated heterocycles. The average Bonchev–Trinajstić information content (AvgIpc) is 3.32. The maximum absolute atomic E-state index is 12.3. The Labute approximate surface area is 176 Å². The van der Waals surface area contributed by atoms with E-state index in [1.54, 1.807) is 18.2 Å². The first-order valence-electron chi connectivity index (χ1n) is 9.50. The average molecular weight is 418 g/mol. The summed E-state index contributed by atoms with van der Waals surface area (Å²) < 4.78 is 5.92. The minimum absolute atomic E-state index is 0.0111. The SMILES string of the molecule is O=c1[nH]c(CCc2cc([N+](=O)[O-])ccc2OCc2ccccc2)ccc1-c1nn[nH]n1. The van der Waals surface area contributed by atoms with Crippen molar-refractivity contribution in [2.24, 2.45) is 0 Å². The van der Waals surface area contributed by atoms with Gasteiger partial charge in [-0.25, -0.2) is 0 Å². The zero-order valence-electron chi connectivity index (χ0n) is 16.3. The van der Waals surface area contributed by atoms with Crippen LogP contribution in [0.5, 0.6) is 5.75 Å². The number of H-pyrrole nitrogens is 2. The molecule has 2 aromatic heterocycles. The third kappa shape index (κ3) is 4.81. The van der Waals surface area contributed by atoms with Crippen LogP contribution in [0, 0.1) is 10.1 Å². The number of hydrogen-bond donors (Lipinski definition) is 2. The second kappa shape index (κ2) is 8.99. The van der Waals surface area contributed by atoms with Gasteiger partial charge in [-0.1, -0.05) is 30.3 Å². The zero-order valence-corrected chi connectivity index (χ0v) is 16.3. The van der Waals surface area contributed by atoms with E-state index in [9.17, 15) is 14.9 Å². The van der Waals surface area contributed by atoms with E-state index in [4.69, 9.17) is 4.74 Å². The van der Waals surface area contributed by atoms with Crippen LogP contribution in [0.4, 0.5) is 5.69 Å². The van der Waals surface area contributed by atoms with E-state index in [1.165, 1.54) is 12.1 Å². The first kappa shape index (κ1) is 20.0. The Kier molecular flexibility index (Phi) is 5.79. The predicted octanol–water partition coefficient (Wildman–Crippen LogP) is 2.83. The Morgan fingerprint density at radius 3 is 2.58 bits per heavy atom. The lowest BCUT2D eigenvalue weighted by atomic mass is 10.1. The summed E-state index contributed by atoms with van der Waals surface area (Å²) in [6.45, 7) is 0.349. The number of ether oxygens (including phenoxy) is 1. The maximum atomic E-state index is 12.3. The lowest BCUT2D eigenvalue weighted by Gasteiger charge is -2.12. The van der Waals surface area contributed by atoms with Crippen molar-refractivity contribution in [3.8, 4) is 17.1 Å². The number of aromatic amines is 2. The minimum Gasteiger partial charge on any atom is -0.489 e. The highest BCUT2D eigenvalue weighted by molar-refractivity contribution is 5.52. The number of nitro benzene ring substituents is 1. The molecule has 156 valence electrons. The molecule has 2 N–H and O–H groups in total. The Balaban J connectivity index is 1.52. The van der Waals surface area contributed by atoms with Gasteiger partial charge in [-0.15, -0.1) is 10.2 Å². The number of rotatable bonds is 8. The lowest BCUT2D eigenvalue weighted by Crippen LogP contribution is -2.12. The number of nitrogens with one attached hydrogen (secondary N) is 2. The lowest BCUT2D eigenvalue weighted by molar-refractivity contribution is -0.384. The second-order valence-corrected chi connectivity index (χ2v) is 6.79. The molecule has 2 aromatic carbocycles. The van der Waals surface area contributed by atoms with Crippen LogP contribution in [-0.2, 0) is 19.4 Å². The van der Waals surface area contributed by atoms with Gasteiger partial charge in [0.05, 0.1) is 10.5 Å². The van der Waals surface area contributed by atoms with Crippen molar-refractivity contribution >= 4 is 5.69 Å². The zero-order chi connectivity index (χ0) is 21.6. The quantitative estimate of drug-likeness (QED) is 0.331. The van der Waals surface area contributed by atoms with Gasteiger partial charge in [-0.2, -0.15) is 5.21 Å². The molecular weight excluding hydrogens is 400 g/mol. The molecule has 10 nitrogen and oxygen atoms in total. The third-order valence-electron chi connectivity index (χ3n) is 4.71. The minimum atomic E-state index is -0.438. The third-order valence-corrected chi connectivity index (χ3v) is 4.71. The van der Waals surface area contributed by atoms with E-state index in [0.717, 1.165) is 5.56 Å². The van der Waals surface area contributed by atoms with Gasteiger partial charge < -0.3 is 9.72 Å². The van der Waals surface area contributed by atoms with Crippen LogP contribution in [-0.4, -0.2) is 30.5 Å². The molecule has 0 aliphatic heterocycles. The highest BCUT2D eigenvalue weighted by Gasteiger charge is 2.13. The molecule has 0 aliphatic rings. The van der Waals surface area contributed by atoms with E-state index in [0.29, 0.717) is 42.0 Å². The summed E-state index contributed by atoms with van der Waals surface area (Å²) in [5.74, 6) is 0.781. The fraction of sp³-hybridized carbons (Fsp3) is 0.143. The molecule has 10 heteroatoms. The molecule has 31 heavy (non-hydrogen) atoms. The van der Waals surface area contributed by atoms with Crippen molar-refractivity contribution in [2.75, 3.05) is 0 Å². The molecule has 0 atom stereocenters. The van der Waals surface area contributed by atoms with Crippen LogP contribution in [0.25, 0.3) is 11.4 Å². The topological polar surface area (TPSA) is 140 Å². The number of pyridine rings is 1. The Bertz CT molecular complexity index is 1240. The number of aromatic nitrogens is 5. The van der Waals surface area contributed by atoms with Gasteiger partial charge in [0.1, 0.15) is 12.4 Å². The summed E-state index contributed by atoms with van der Waals surface area (Å²) in [6, 6.07) is 17.6. The summed E-state index contributed by atoms with van der Waals surface area (Å²) in [6.07, 6.45) is 0.911. The van der Waals surface area contributed by atoms with Crippen LogP contribution in [0.2, 0.25) is 0 Å². The molecule has 0 spiro atoms. The highest BCUT2D eigenvalue weighted by atomic mass is 16.6. The Hall–Kier alpha value is -4.34. The normalized spacial score (nSPS) is 10.7. The molecule has 4 aromatic rings. The molecule has 4 rings (SSSR count). The number of nitro groups is 1. The molecule has 0 saturated carbocycles. The molecule has 0 fully saturated rings. The van der Waals surface area contributed by atoms with Crippen LogP contribution in [0.1, 0.15) is 16.8 Å². The molecule has 0 unspecified atom stereocenters. The van der Waals surface area contributed by atoms with E-state index in [2.05, 4.69) is 25.6 Å². The van der Waals surface area contributed by atoms with Crippen LogP contribution in [0.3, 0.4) is 0 Å². The Morgan fingerprint density at radius 1 is 1.03 bits per heavy atom. The van der Waals surface area contributed by atoms with E-state index >= 15 is 0 Å². The van der Waals surface area contributed by atoms with Crippen LogP contribution < -0.4 is 10.3 Å². The van der Waals surface area contributed by atoms with Gasteiger partial charge in [-0.3, -0.25) is 14.9 Å². The van der Waals surface area contributed by atoms with Gasteiger partial charge in [-0.05, 0) is 41.8 Å². The van der Waals surface area contributed by atoms with Crippen LogP contribution in [0.15, 0.2) is 65.5 Å². The largest absolute Gasteiger partial charge is 0.489 e. The number of nitrogens with zero attached hydrogens (tertiary/aromatic N) is 4.